The third kappa shape index (κ3) is 4.35. The van der Waals surface area contributed by atoms with E-state index in [1.807, 2.05) is 6.92 Å². The van der Waals surface area contributed by atoms with Gasteiger partial charge in [-0.2, -0.15) is 0 Å². The maximum absolute atomic E-state index is 13.0. The second-order valence-corrected chi connectivity index (χ2v) is 5.24. The summed E-state index contributed by atoms with van der Waals surface area (Å²) in [7, 11) is 0. The molecule has 6 nitrogen and oxygen atoms in total. The molecule has 0 aliphatic heterocycles. The average Bonchev–Trinajstić information content (AvgIpc) is 2.63. The molecular weight excluding hydrogens is 323 g/mol. The predicted octanol–water partition coefficient (Wildman–Crippen LogP) is 3.04. The Hall–Kier alpha value is -3.35. The molecule has 3 aromatic rings. The average molecular weight is 338 g/mol. The lowest BCUT2D eigenvalue weighted by Crippen LogP contribution is -2.24. The SMILES string of the molecule is Cc1cnc(CNC(=O)c2cccnc2Oc2ccc(F)cc2)cn1. The number of carbonyl (C=O) groups excluding carboxylic acids is 1. The van der Waals surface area contributed by atoms with Gasteiger partial charge in [-0.05, 0) is 43.3 Å². The van der Waals surface area contributed by atoms with Crippen LogP contribution in [0.3, 0.4) is 0 Å². The first-order valence-electron chi connectivity index (χ1n) is 7.56. The lowest BCUT2D eigenvalue weighted by molar-refractivity contribution is 0.0947. The Morgan fingerprint density at radius 3 is 2.64 bits per heavy atom. The third-order valence-corrected chi connectivity index (χ3v) is 3.31. The number of hydrogen-bond donors (Lipinski definition) is 1. The van der Waals surface area contributed by atoms with Gasteiger partial charge in [-0.15, -0.1) is 0 Å². The van der Waals surface area contributed by atoms with Crippen LogP contribution in [0.4, 0.5) is 4.39 Å². The highest BCUT2D eigenvalue weighted by atomic mass is 19.1. The summed E-state index contributed by atoms with van der Waals surface area (Å²) in [6.45, 7) is 2.07. The van der Waals surface area contributed by atoms with Crippen molar-refractivity contribution < 1.29 is 13.9 Å². The van der Waals surface area contributed by atoms with Crippen LogP contribution in [0.1, 0.15) is 21.7 Å². The number of nitrogens with zero attached hydrogens (tertiary/aromatic N) is 3. The molecule has 0 saturated carbocycles. The summed E-state index contributed by atoms with van der Waals surface area (Å²) in [5.74, 6) is -0.196. The van der Waals surface area contributed by atoms with E-state index in [4.69, 9.17) is 4.74 Å². The van der Waals surface area contributed by atoms with Crippen molar-refractivity contribution in [3.63, 3.8) is 0 Å². The number of halogens is 1. The summed E-state index contributed by atoms with van der Waals surface area (Å²) >= 11 is 0. The van der Waals surface area contributed by atoms with Crippen molar-refractivity contribution in [1.82, 2.24) is 20.3 Å². The maximum atomic E-state index is 13.0. The van der Waals surface area contributed by atoms with E-state index in [9.17, 15) is 9.18 Å². The van der Waals surface area contributed by atoms with Crippen LogP contribution in [0.15, 0.2) is 55.0 Å². The van der Waals surface area contributed by atoms with Crippen molar-refractivity contribution in [3.8, 4) is 11.6 Å². The van der Waals surface area contributed by atoms with Gasteiger partial charge in [0, 0.05) is 12.4 Å². The largest absolute Gasteiger partial charge is 0.438 e. The van der Waals surface area contributed by atoms with Crippen LogP contribution in [0, 0.1) is 12.7 Å². The van der Waals surface area contributed by atoms with Gasteiger partial charge in [-0.3, -0.25) is 14.8 Å². The van der Waals surface area contributed by atoms with Gasteiger partial charge in [0.1, 0.15) is 17.1 Å². The van der Waals surface area contributed by atoms with E-state index < -0.39 is 0 Å². The number of aryl methyl sites for hydroxylation is 1. The van der Waals surface area contributed by atoms with Gasteiger partial charge in [0.05, 0.1) is 24.1 Å². The zero-order chi connectivity index (χ0) is 17.6. The highest BCUT2D eigenvalue weighted by molar-refractivity contribution is 5.96. The van der Waals surface area contributed by atoms with Crippen molar-refractivity contribution in [3.05, 3.63) is 77.8 Å². The Kier molecular flexibility index (Phi) is 4.94. The number of ether oxygens (including phenoxy) is 1. The molecule has 7 heteroatoms. The minimum Gasteiger partial charge on any atom is -0.438 e. The summed E-state index contributed by atoms with van der Waals surface area (Å²) in [5.41, 5.74) is 1.72. The molecule has 0 saturated heterocycles. The Labute approximate surface area is 143 Å². The van der Waals surface area contributed by atoms with Crippen LogP contribution in [-0.4, -0.2) is 20.9 Å². The molecule has 0 fully saturated rings. The molecule has 3 rings (SSSR count). The molecule has 0 radical (unpaired) electrons. The fraction of sp³-hybridized carbons (Fsp3) is 0.111. The molecule has 126 valence electrons. The first-order chi connectivity index (χ1) is 12.1. The molecule has 0 aliphatic rings. The summed E-state index contributed by atoms with van der Waals surface area (Å²) in [6.07, 6.45) is 4.75. The quantitative estimate of drug-likeness (QED) is 0.774. The summed E-state index contributed by atoms with van der Waals surface area (Å²) in [4.78, 5) is 24.8. The molecular formula is C18H15FN4O2. The van der Waals surface area contributed by atoms with Gasteiger partial charge in [0.2, 0.25) is 5.88 Å². The Morgan fingerprint density at radius 2 is 1.92 bits per heavy atom. The minimum atomic E-state index is -0.370. The number of hydrogen-bond acceptors (Lipinski definition) is 5. The number of nitrogens with one attached hydrogen (secondary N) is 1. The van der Waals surface area contributed by atoms with E-state index in [1.54, 1.807) is 24.5 Å². The predicted molar refractivity (Wildman–Crippen MR) is 88.7 cm³/mol. The van der Waals surface area contributed by atoms with Gasteiger partial charge >= 0.3 is 0 Å². The number of benzene rings is 1. The number of carbonyl (C=O) groups is 1. The molecule has 25 heavy (non-hydrogen) atoms. The smallest absolute Gasteiger partial charge is 0.257 e. The van der Waals surface area contributed by atoms with E-state index in [0.29, 0.717) is 11.4 Å². The van der Waals surface area contributed by atoms with Gasteiger partial charge in [-0.1, -0.05) is 0 Å². The molecule has 1 amide bonds. The highest BCUT2D eigenvalue weighted by Gasteiger charge is 2.14. The summed E-state index contributed by atoms with van der Waals surface area (Å²) < 4.78 is 18.6. The molecule has 1 N–H and O–H groups in total. The first-order valence-corrected chi connectivity index (χ1v) is 7.56. The molecule has 0 atom stereocenters. The Balaban J connectivity index is 1.71. The van der Waals surface area contributed by atoms with E-state index in [0.717, 1.165) is 5.69 Å². The van der Waals surface area contributed by atoms with Crippen LogP contribution in [0.2, 0.25) is 0 Å². The molecule has 0 unspecified atom stereocenters. The third-order valence-electron chi connectivity index (χ3n) is 3.31. The van der Waals surface area contributed by atoms with Crippen LogP contribution >= 0.6 is 0 Å². The van der Waals surface area contributed by atoms with Crippen molar-refractivity contribution in [1.29, 1.82) is 0 Å². The molecule has 2 aromatic heterocycles. The molecule has 2 heterocycles. The second kappa shape index (κ2) is 7.48. The lowest BCUT2D eigenvalue weighted by Gasteiger charge is -2.10. The molecule has 0 aliphatic carbocycles. The van der Waals surface area contributed by atoms with Crippen LogP contribution in [0.5, 0.6) is 11.6 Å². The normalized spacial score (nSPS) is 10.3. The van der Waals surface area contributed by atoms with E-state index in [2.05, 4.69) is 20.3 Å². The van der Waals surface area contributed by atoms with E-state index >= 15 is 0 Å². The monoisotopic (exact) mass is 338 g/mol. The van der Waals surface area contributed by atoms with Crippen LogP contribution in [-0.2, 0) is 6.54 Å². The number of rotatable bonds is 5. The van der Waals surface area contributed by atoms with Crippen molar-refractivity contribution in [2.45, 2.75) is 13.5 Å². The number of amides is 1. The summed E-state index contributed by atoms with van der Waals surface area (Å²) in [5, 5.41) is 2.75. The standard InChI is InChI=1S/C18H15FN4O2/c1-12-9-22-14(10-21-12)11-23-17(24)16-3-2-8-20-18(16)25-15-6-4-13(19)5-7-15/h2-10H,11H2,1H3,(H,23,24). The van der Waals surface area contributed by atoms with Crippen LogP contribution in [0.25, 0.3) is 0 Å². The second-order valence-electron chi connectivity index (χ2n) is 5.24. The first kappa shape index (κ1) is 16.5. The van der Waals surface area contributed by atoms with Crippen LogP contribution < -0.4 is 10.1 Å². The van der Waals surface area contributed by atoms with Gasteiger partial charge in [-0.25, -0.2) is 9.37 Å². The van der Waals surface area contributed by atoms with E-state index in [1.165, 1.54) is 30.5 Å². The van der Waals surface area contributed by atoms with Gasteiger partial charge in [0.15, 0.2) is 0 Å². The van der Waals surface area contributed by atoms with Gasteiger partial charge < -0.3 is 10.1 Å². The Morgan fingerprint density at radius 1 is 1.12 bits per heavy atom. The van der Waals surface area contributed by atoms with E-state index in [-0.39, 0.29) is 29.7 Å². The fourth-order valence-corrected chi connectivity index (χ4v) is 2.04. The minimum absolute atomic E-state index is 0.140. The fourth-order valence-electron chi connectivity index (χ4n) is 2.04. The van der Waals surface area contributed by atoms with Crippen molar-refractivity contribution >= 4 is 5.91 Å². The Bertz CT molecular complexity index is 867. The zero-order valence-electron chi connectivity index (χ0n) is 13.4. The molecule has 0 bridgehead atoms. The van der Waals surface area contributed by atoms with Gasteiger partial charge in [0.25, 0.3) is 5.91 Å². The van der Waals surface area contributed by atoms with Crippen molar-refractivity contribution in [2.24, 2.45) is 0 Å². The molecule has 1 aromatic carbocycles. The zero-order valence-corrected chi connectivity index (χ0v) is 13.4. The number of aromatic nitrogens is 3. The number of pyridine rings is 1. The van der Waals surface area contributed by atoms with Crippen molar-refractivity contribution in [2.75, 3.05) is 0 Å². The lowest BCUT2D eigenvalue weighted by atomic mass is 10.2. The topological polar surface area (TPSA) is 77.0 Å². The summed E-state index contributed by atoms with van der Waals surface area (Å²) in [6, 6.07) is 8.71. The highest BCUT2D eigenvalue weighted by Crippen LogP contribution is 2.23. The maximum Gasteiger partial charge on any atom is 0.257 e. The molecule has 0 spiro atoms.